The van der Waals surface area contributed by atoms with Crippen LogP contribution in [0.2, 0.25) is 0 Å². The monoisotopic (exact) mass is 447 g/mol. The van der Waals surface area contributed by atoms with Crippen LogP contribution in [0.4, 0.5) is 4.39 Å². The fourth-order valence-corrected chi connectivity index (χ4v) is 5.72. The van der Waals surface area contributed by atoms with Crippen LogP contribution in [0.1, 0.15) is 65.5 Å². The van der Waals surface area contributed by atoms with Crippen molar-refractivity contribution in [3.8, 4) is 0 Å². The summed E-state index contributed by atoms with van der Waals surface area (Å²) in [6.07, 6.45) is 7.95. The van der Waals surface area contributed by atoms with E-state index in [1.807, 2.05) is 46.9 Å². The maximum Gasteiger partial charge on any atom is 0.254 e. The first-order valence-electron chi connectivity index (χ1n) is 11.8. The van der Waals surface area contributed by atoms with Gasteiger partial charge in [0.15, 0.2) is 0 Å². The molecule has 0 bridgehead atoms. The predicted octanol–water partition coefficient (Wildman–Crippen LogP) is 4.89. The van der Waals surface area contributed by atoms with E-state index in [4.69, 9.17) is 0 Å². The van der Waals surface area contributed by atoms with E-state index in [2.05, 4.69) is 4.98 Å². The molecule has 5 rings (SSSR count). The second-order valence-electron chi connectivity index (χ2n) is 9.50. The summed E-state index contributed by atoms with van der Waals surface area (Å²) < 4.78 is 15.7. The van der Waals surface area contributed by atoms with Crippen molar-refractivity contribution in [2.75, 3.05) is 6.54 Å². The molecule has 0 radical (unpaired) electrons. The van der Waals surface area contributed by atoms with E-state index in [0.717, 1.165) is 42.6 Å². The zero-order chi connectivity index (χ0) is 23.0. The molecule has 0 unspecified atom stereocenters. The van der Waals surface area contributed by atoms with Gasteiger partial charge in [0.1, 0.15) is 11.6 Å². The second-order valence-corrected chi connectivity index (χ2v) is 9.50. The molecule has 5 nitrogen and oxygen atoms in total. The number of carbonyl (C=O) groups is 1. The average molecular weight is 448 g/mol. The Hall–Kier alpha value is -2.99. The number of aryl methyl sites for hydroxylation is 1. The van der Waals surface area contributed by atoms with E-state index in [9.17, 15) is 14.3 Å². The summed E-state index contributed by atoms with van der Waals surface area (Å²) in [5, 5.41) is 11.4. The smallest absolute Gasteiger partial charge is 0.254 e. The number of hydrogen-bond acceptors (Lipinski definition) is 3. The van der Waals surface area contributed by atoms with E-state index < -0.39 is 5.60 Å². The zero-order valence-electron chi connectivity index (χ0n) is 19.0. The first-order valence-corrected chi connectivity index (χ1v) is 11.8. The molecule has 33 heavy (non-hydrogen) atoms. The summed E-state index contributed by atoms with van der Waals surface area (Å²) in [4.78, 5) is 20.0. The highest BCUT2D eigenvalue weighted by atomic mass is 19.1. The van der Waals surface area contributed by atoms with E-state index in [-0.39, 0.29) is 23.7 Å². The van der Waals surface area contributed by atoms with Crippen LogP contribution in [0, 0.1) is 18.7 Å². The predicted molar refractivity (Wildman–Crippen MR) is 124 cm³/mol. The van der Waals surface area contributed by atoms with Crippen molar-refractivity contribution in [2.45, 2.75) is 57.2 Å². The lowest BCUT2D eigenvalue weighted by Crippen LogP contribution is -2.56. The Morgan fingerprint density at radius 1 is 1.18 bits per heavy atom. The molecular weight excluding hydrogens is 417 g/mol. The van der Waals surface area contributed by atoms with Crippen LogP contribution in [0.5, 0.6) is 0 Å². The van der Waals surface area contributed by atoms with E-state index >= 15 is 0 Å². The SMILES string of the molecule is Cc1nccn1Cc1cccc(C(=O)N2CC[C@@]3(O)CCCC[C@H]3[C@@H]2c2ccc(F)cc2)c1. The Morgan fingerprint density at radius 2 is 2.00 bits per heavy atom. The summed E-state index contributed by atoms with van der Waals surface area (Å²) >= 11 is 0. The molecule has 1 aromatic heterocycles. The minimum atomic E-state index is -0.769. The first kappa shape index (κ1) is 21.8. The number of imidazole rings is 1. The van der Waals surface area contributed by atoms with Crippen LogP contribution in [0.15, 0.2) is 60.9 Å². The molecule has 2 heterocycles. The van der Waals surface area contributed by atoms with Gasteiger partial charge in [0.2, 0.25) is 0 Å². The minimum absolute atomic E-state index is 0.0406. The van der Waals surface area contributed by atoms with Crippen LogP contribution in [0.3, 0.4) is 0 Å². The van der Waals surface area contributed by atoms with Crippen molar-refractivity contribution in [1.29, 1.82) is 0 Å². The van der Waals surface area contributed by atoms with Gasteiger partial charge in [-0.2, -0.15) is 0 Å². The number of rotatable bonds is 4. The summed E-state index contributed by atoms with van der Waals surface area (Å²) in [6.45, 7) is 3.09. The van der Waals surface area contributed by atoms with Crippen molar-refractivity contribution in [1.82, 2.24) is 14.5 Å². The molecule has 3 aromatic rings. The maximum atomic E-state index is 13.8. The van der Waals surface area contributed by atoms with E-state index in [1.54, 1.807) is 18.3 Å². The highest BCUT2D eigenvalue weighted by Gasteiger charge is 2.50. The minimum Gasteiger partial charge on any atom is -0.389 e. The third kappa shape index (κ3) is 4.20. The highest BCUT2D eigenvalue weighted by Crippen LogP contribution is 2.49. The van der Waals surface area contributed by atoms with Crippen molar-refractivity contribution in [2.24, 2.45) is 5.92 Å². The van der Waals surface area contributed by atoms with Crippen LogP contribution < -0.4 is 0 Å². The van der Waals surface area contributed by atoms with Gasteiger partial charge in [0.25, 0.3) is 5.91 Å². The Kier molecular flexibility index (Phi) is 5.79. The van der Waals surface area contributed by atoms with Gasteiger partial charge in [-0.05, 0) is 61.6 Å². The van der Waals surface area contributed by atoms with Gasteiger partial charge in [0.05, 0.1) is 11.6 Å². The Bertz CT molecular complexity index is 1140. The van der Waals surface area contributed by atoms with Crippen molar-refractivity contribution < 1.29 is 14.3 Å². The third-order valence-corrected chi connectivity index (χ3v) is 7.49. The molecule has 0 spiro atoms. The van der Waals surface area contributed by atoms with Gasteiger partial charge in [-0.15, -0.1) is 0 Å². The summed E-state index contributed by atoms with van der Waals surface area (Å²) in [6, 6.07) is 13.9. The van der Waals surface area contributed by atoms with E-state index in [0.29, 0.717) is 25.1 Å². The molecule has 1 saturated heterocycles. The molecule has 6 heteroatoms. The summed E-state index contributed by atoms with van der Waals surface area (Å²) in [5.41, 5.74) is 1.79. The molecule has 1 saturated carbocycles. The second kappa shape index (κ2) is 8.75. The van der Waals surface area contributed by atoms with Crippen LogP contribution >= 0.6 is 0 Å². The Labute approximate surface area is 193 Å². The highest BCUT2D eigenvalue weighted by molar-refractivity contribution is 5.94. The number of amides is 1. The van der Waals surface area contributed by atoms with Gasteiger partial charge in [-0.1, -0.05) is 37.1 Å². The quantitative estimate of drug-likeness (QED) is 0.620. The van der Waals surface area contributed by atoms with Crippen molar-refractivity contribution in [3.63, 3.8) is 0 Å². The molecule has 172 valence electrons. The number of carbonyl (C=O) groups excluding carboxylic acids is 1. The molecule has 3 atom stereocenters. The lowest BCUT2D eigenvalue weighted by molar-refractivity contribution is -0.115. The molecule has 1 aliphatic carbocycles. The summed E-state index contributed by atoms with van der Waals surface area (Å²) in [7, 11) is 0. The first-order chi connectivity index (χ1) is 15.9. The molecule has 2 aromatic carbocycles. The molecule has 2 fully saturated rings. The number of fused-ring (bicyclic) bond motifs is 1. The van der Waals surface area contributed by atoms with Crippen molar-refractivity contribution >= 4 is 5.91 Å². The topological polar surface area (TPSA) is 58.4 Å². The Morgan fingerprint density at radius 3 is 2.76 bits per heavy atom. The lowest BCUT2D eigenvalue weighted by Gasteiger charge is -2.52. The van der Waals surface area contributed by atoms with Crippen LogP contribution in [0.25, 0.3) is 0 Å². The van der Waals surface area contributed by atoms with Crippen LogP contribution in [-0.2, 0) is 6.54 Å². The number of nitrogens with zero attached hydrogens (tertiary/aromatic N) is 3. The van der Waals surface area contributed by atoms with Gasteiger partial charge in [-0.3, -0.25) is 4.79 Å². The maximum absolute atomic E-state index is 13.8. The number of aliphatic hydroxyl groups is 1. The molecule has 1 amide bonds. The van der Waals surface area contributed by atoms with Gasteiger partial charge in [0, 0.05) is 37.0 Å². The normalized spacial score (nSPS) is 25.0. The number of aromatic nitrogens is 2. The standard InChI is InChI=1S/C27H30FN3O2/c1-19-29-14-16-30(19)18-20-5-4-6-22(17-20)26(32)31-15-13-27(33)12-3-2-7-24(27)25(31)21-8-10-23(28)11-9-21/h4-6,8-11,14,16-17,24-25,33H,2-3,7,12-13,15,18H2,1H3/t24-,25-,27-/m0/s1. The van der Waals surface area contributed by atoms with Gasteiger partial charge >= 0.3 is 0 Å². The third-order valence-electron chi connectivity index (χ3n) is 7.49. The fourth-order valence-electron chi connectivity index (χ4n) is 5.72. The average Bonchev–Trinajstić information content (AvgIpc) is 3.22. The lowest BCUT2D eigenvalue weighted by atomic mass is 9.66. The fraction of sp³-hybridized carbons (Fsp3) is 0.407. The van der Waals surface area contributed by atoms with Gasteiger partial charge < -0.3 is 14.6 Å². The molecule has 1 aliphatic heterocycles. The molecule has 1 N–H and O–H groups in total. The number of likely N-dealkylation sites (tertiary alicyclic amines) is 1. The largest absolute Gasteiger partial charge is 0.389 e. The van der Waals surface area contributed by atoms with Crippen LogP contribution in [-0.4, -0.2) is 37.6 Å². The number of halogens is 1. The van der Waals surface area contributed by atoms with Crippen molar-refractivity contribution in [3.05, 3.63) is 89.3 Å². The molecular formula is C27H30FN3O2. The number of hydrogen-bond donors (Lipinski definition) is 1. The Balaban J connectivity index is 1.47. The van der Waals surface area contributed by atoms with E-state index in [1.165, 1.54) is 12.1 Å². The number of piperidine rings is 1. The molecule has 2 aliphatic rings. The zero-order valence-corrected chi connectivity index (χ0v) is 19.0. The van der Waals surface area contributed by atoms with Gasteiger partial charge in [-0.25, -0.2) is 9.37 Å². The summed E-state index contributed by atoms with van der Waals surface area (Å²) in [5.74, 6) is 0.539. The number of benzene rings is 2.